The Morgan fingerprint density at radius 2 is 2.26 bits per heavy atom. The van der Waals surface area contributed by atoms with Crippen LogP contribution in [0.3, 0.4) is 0 Å². The van der Waals surface area contributed by atoms with Gasteiger partial charge in [0, 0.05) is 28.2 Å². The molecule has 0 aliphatic heterocycles. The molecule has 0 aliphatic rings. The van der Waals surface area contributed by atoms with Crippen molar-refractivity contribution in [3.05, 3.63) is 35.4 Å². The number of carbonyl (C=O) groups is 1. The molecule has 1 atom stereocenters. The van der Waals surface area contributed by atoms with E-state index in [2.05, 4.69) is 15.2 Å². The maximum Gasteiger partial charge on any atom is 0.254 e. The van der Waals surface area contributed by atoms with Gasteiger partial charge in [-0.1, -0.05) is 12.0 Å². The molecular weight excluding hydrogens is 357 g/mol. The van der Waals surface area contributed by atoms with E-state index in [0.717, 1.165) is 0 Å². The van der Waals surface area contributed by atoms with E-state index >= 15 is 0 Å². The standard InChI is InChI=1S/C13H8IN3O2/c14-5-2-6-19-12(9-16)17-13(18)11-4-1-3-10(7-11)8-15/h1,3-4,7,12H,6H2,(H,17,18). The molecule has 5 nitrogen and oxygen atoms in total. The van der Waals surface area contributed by atoms with Crippen LogP contribution >= 0.6 is 22.6 Å². The monoisotopic (exact) mass is 365 g/mol. The first kappa shape index (κ1) is 15.0. The Kier molecular flexibility index (Phi) is 6.38. The van der Waals surface area contributed by atoms with Gasteiger partial charge in [0.15, 0.2) is 0 Å². The summed E-state index contributed by atoms with van der Waals surface area (Å²) in [6, 6.07) is 9.91. The quantitative estimate of drug-likeness (QED) is 0.498. The highest BCUT2D eigenvalue weighted by molar-refractivity contribution is 14.1. The van der Waals surface area contributed by atoms with Crippen LogP contribution in [0.2, 0.25) is 0 Å². The van der Waals surface area contributed by atoms with Gasteiger partial charge in [0.1, 0.15) is 12.7 Å². The summed E-state index contributed by atoms with van der Waals surface area (Å²) in [5, 5.41) is 20.0. The van der Waals surface area contributed by atoms with Crippen LogP contribution in [0.4, 0.5) is 0 Å². The van der Waals surface area contributed by atoms with Gasteiger partial charge in [-0.2, -0.15) is 10.5 Å². The van der Waals surface area contributed by atoms with E-state index < -0.39 is 12.1 Å². The number of hydrogen-bond acceptors (Lipinski definition) is 4. The molecule has 1 N–H and O–H groups in total. The van der Waals surface area contributed by atoms with Gasteiger partial charge in [-0.15, -0.1) is 0 Å². The summed E-state index contributed by atoms with van der Waals surface area (Å²) in [5.41, 5.74) is 0.667. The molecule has 0 aliphatic carbocycles. The van der Waals surface area contributed by atoms with E-state index in [4.69, 9.17) is 15.3 Å². The second-order valence-corrected chi connectivity index (χ2v) is 3.80. The number of benzene rings is 1. The normalized spacial score (nSPS) is 10.3. The lowest BCUT2D eigenvalue weighted by molar-refractivity contribution is 0.0685. The number of amides is 1. The van der Waals surface area contributed by atoms with Gasteiger partial charge >= 0.3 is 0 Å². The molecule has 1 unspecified atom stereocenters. The zero-order valence-corrected chi connectivity index (χ0v) is 11.8. The zero-order chi connectivity index (χ0) is 14.1. The van der Waals surface area contributed by atoms with Crippen LogP contribution in [0.1, 0.15) is 15.9 Å². The van der Waals surface area contributed by atoms with Gasteiger partial charge in [0.2, 0.25) is 6.23 Å². The lowest BCUT2D eigenvalue weighted by atomic mass is 10.1. The number of carbonyl (C=O) groups excluding carboxylic acids is 1. The summed E-state index contributed by atoms with van der Waals surface area (Å²) < 4.78 is 7.63. The highest BCUT2D eigenvalue weighted by atomic mass is 127. The number of ether oxygens (including phenoxy) is 1. The molecule has 1 amide bonds. The number of nitriles is 2. The molecule has 6 heteroatoms. The Labute approximate surface area is 124 Å². The molecule has 1 aromatic carbocycles. The van der Waals surface area contributed by atoms with Crippen molar-refractivity contribution in [1.29, 1.82) is 10.5 Å². The molecule has 0 radical (unpaired) electrons. The summed E-state index contributed by atoms with van der Waals surface area (Å²) in [6.45, 7) is 0.0552. The molecule has 0 fully saturated rings. The van der Waals surface area contributed by atoms with Gasteiger partial charge in [-0.3, -0.25) is 4.79 Å². The van der Waals surface area contributed by atoms with Crippen molar-refractivity contribution in [1.82, 2.24) is 5.32 Å². The van der Waals surface area contributed by atoms with E-state index in [-0.39, 0.29) is 6.61 Å². The van der Waals surface area contributed by atoms with Gasteiger partial charge in [0.25, 0.3) is 5.91 Å². The van der Waals surface area contributed by atoms with Crippen LogP contribution in [-0.4, -0.2) is 18.7 Å². The first-order valence-corrected chi connectivity index (χ1v) is 6.20. The van der Waals surface area contributed by atoms with Crippen molar-refractivity contribution in [3.63, 3.8) is 0 Å². The van der Waals surface area contributed by atoms with Gasteiger partial charge in [0.05, 0.1) is 11.6 Å². The van der Waals surface area contributed by atoms with Crippen LogP contribution in [0.25, 0.3) is 0 Å². The maximum atomic E-state index is 11.8. The minimum absolute atomic E-state index is 0.0552. The molecule has 0 heterocycles. The lowest BCUT2D eigenvalue weighted by Gasteiger charge is -2.10. The molecule has 19 heavy (non-hydrogen) atoms. The van der Waals surface area contributed by atoms with Crippen molar-refractivity contribution in [2.45, 2.75) is 6.23 Å². The SMILES string of the molecule is N#Cc1cccc(C(=O)NC(C#N)OCC#CI)c1. The van der Waals surface area contributed by atoms with Crippen molar-refractivity contribution in [2.75, 3.05) is 6.61 Å². The van der Waals surface area contributed by atoms with E-state index in [1.807, 2.05) is 28.7 Å². The third-order valence-corrected chi connectivity index (χ3v) is 2.40. The maximum absolute atomic E-state index is 11.8. The summed E-state index contributed by atoms with van der Waals surface area (Å²) in [4.78, 5) is 11.8. The van der Waals surface area contributed by atoms with Crippen molar-refractivity contribution in [2.24, 2.45) is 0 Å². The predicted octanol–water partition coefficient (Wildman–Crippen LogP) is 1.55. The summed E-state index contributed by atoms with van der Waals surface area (Å²) in [6.07, 6.45) is -1.07. The fourth-order valence-electron chi connectivity index (χ4n) is 1.20. The second-order valence-electron chi connectivity index (χ2n) is 3.26. The Morgan fingerprint density at radius 1 is 1.47 bits per heavy atom. The minimum Gasteiger partial charge on any atom is -0.332 e. The Balaban J connectivity index is 2.69. The van der Waals surface area contributed by atoms with Crippen LogP contribution in [-0.2, 0) is 4.74 Å². The molecule has 0 spiro atoms. The third kappa shape index (κ3) is 4.97. The highest BCUT2D eigenvalue weighted by Crippen LogP contribution is 2.04. The fourth-order valence-corrected chi connectivity index (χ4v) is 1.35. The number of halogens is 1. The Bertz CT molecular complexity index is 605. The van der Waals surface area contributed by atoms with Gasteiger partial charge < -0.3 is 10.1 Å². The van der Waals surface area contributed by atoms with Crippen LogP contribution in [0.5, 0.6) is 0 Å². The number of nitrogens with zero attached hydrogens (tertiary/aromatic N) is 2. The van der Waals surface area contributed by atoms with E-state index in [9.17, 15) is 4.79 Å². The number of nitrogens with one attached hydrogen (secondary N) is 1. The largest absolute Gasteiger partial charge is 0.332 e. The van der Waals surface area contributed by atoms with Crippen LogP contribution in [0, 0.1) is 32.5 Å². The predicted molar refractivity (Wildman–Crippen MR) is 75.8 cm³/mol. The zero-order valence-electron chi connectivity index (χ0n) is 9.68. The minimum atomic E-state index is -1.07. The fraction of sp³-hybridized carbons (Fsp3) is 0.154. The first-order valence-electron chi connectivity index (χ1n) is 5.12. The topological polar surface area (TPSA) is 85.9 Å². The lowest BCUT2D eigenvalue weighted by Crippen LogP contribution is -2.36. The van der Waals surface area contributed by atoms with Gasteiger partial charge in [-0.25, -0.2) is 0 Å². The first-order chi connectivity index (χ1) is 9.21. The van der Waals surface area contributed by atoms with E-state index in [0.29, 0.717) is 11.1 Å². The summed E-state index contributed by atoms with van der Waals surface area (Å²) in [7, 11) is 0. The molecular formula is C13H8IN3O2. The van der Waals surface area contributed by atoms with Gasteiger partial charge in [-0.05, 0) is 22.1 Å². The van der Waals surface area contributed by atoms with Crippen molar-refractivity contribution >= 4 is 28.5 Å². The van der Waals surface area contributed by atoms with Crippen molar-refractivity contribution < 1.29 is 9.53 Å². The third-order valence-electron chi connectivity index (χ3n) is 2.02. The molecule has 0 saturated carbocycles. The van der Waals surface area contributed by atoms with Crippen molar-refractivity contribution in [3.8, 4) is 22.0 Å². The average molecular weight is 365 g/mol. The molecule has 1 rings (SSSR count). The second kappa shape index (κ2) is 8.10. The molecule has 0 saturated heterocycles. The summed E-state index contributed by atoms with van der Waals surface area (Å²) in [5.74, 6) is 2.13. The summed E-state index contributed by atoms with van der Waals surface area (Å²) >= 11 is 1.85. The van der Waals surface area contributed by atoms with Crippen LogP contribution < -0.4 is 5.32 Å². The van der Waals surface area contributed by atoms with E-state index in [1.165, 1.54) is 6.07 Å². The van der Waals surface area contributed by atoms with E-state index in [1.54, 1.807) is 24.3 Å². The smallest absolute Gasteiger partial charge is 0.254 e. The molecule has 1 aromatic rings. The molecule has 94 valence electrons. The highest BCUT2D eigenvalue weighted by Gasteiger charge is 2.13. The average Bonchev–Trinajstić information content (AvgIpc) is 2.46. The Hall–Kier alpha value is -2.08. The number of hydrogen-bond donors (Lipinski definition) is 1. The Morgan fingerprint density at radius 3 is 2.89 bits per heavy atom. The van der Waals surface area contributed by atoms with Crippen LogP contribution in [0.15, 0.2) is 24.3 Å². The molecule has 0 bridgehead atoms. The molecule has 0 aromatic heterocycles. The number of rotatable bonds is 4.